The van der Waals surface area contributed by atoms with Gasteiger partial charge < -0.3 is 9.09 Å². The molecule has 4 aromatic rings. The summed E-state index contributed by atoms with van der Waals surface area (Å²) >= 11 is 0. The van der Waals surface area contributed by atoms with Crippen molar-refractivity contribution < 1.29 is 26.5 Å². The lowest BCUT2D eigenvalue weighted by atomic mass is 10.1. The van der Waals surface area contributed by atoms with Gasteiger partial charge in [0.05, 0.1) is 18.7 Å². The molecule has 0 amide bonds. The van der Waals surface area contributed by atoms with Crippen LogP contribution in [0.4, 0.5) is 27.6 Å². The quantitative estimate of drug-likeness (QED) is 0.331. The predicted octanol–water partition coefficient (Wildman–Crippen LogP) is 5.59. The summed E-state index contributed by atoms with van der Waals surface area (Å²) in [6, 6.07) is 6.87. The minimum Gasteiger partial charge on any atom is -0.340 e. The van der Waals surface area contributed by atoms with Crippen molar-refractivity contribution in [1.29, 1.82) is 0 Å². The second kappa shape index (κ2) is 6.70. The molecule has 0 N–H and O–H groups in total. The van der Waals surface area contributed by atoms with Crippen molar-refractivity contribution >= 4 is 16.6 Å². The summed E-state index contributed by atoms with van der Waals surface area (Å²) in [5.41, 5.74) is -1.08. The van der Waals surface area contributed by atoms with Crippen LogP contribution in [0.5, 0.6) is 0 Å². The molecule has 0 atom stereocenters. The first-order valence-corrected chi connectivity index (χ1v) is 8.12. The van der Waals surface area contributed by atoms with Gasteiger partial charge >= 0.3 is 6.18 Å². The molecular formula is C19H9F5N4O. The van der Waals surface area contributed by atoms with Crippen LogP contribution in [0.15, 0.2) is 47.1 Å². The SMILES string of the molecule is [C-]#[N+]c1ccc2c(ccn2Cc2noc(-c3ccc(F)c(F)c3)n2)c1C(F)(F)F. The van der Waals surface area contributed by atoms with Crippen LogP contribution in [0.25, 0.3) is 27.2 Å². The fourth-order valence-corrected chi connectivity index (χ4v) is 3.01. The fourth-order valence-electron chi connectivity index (χ4n) is 3.01. The Balaban J connectivity index is 1.70. The minimum absolute atomic E-state index is 0.0225. The highest BCUT2D eigenvalue weighted by atomic mass is 19.4. The normalized spacial score (nSPS) is 11.7. The van der Waals surface area contributed by atoms with Crippen molar-refractivity contribution in [3.63, 3.8) is 0 Å². The van der Waals surface area contributed by atoms with Gasteiger partial charge in [0.2, 0.25) is 0 Å². The molecule has 0 saturated heterocycles. The molecule has 0 radical (unpaired) electrons. The highest BCUT2D eigenvalue weighted by Crippen LogP contribution is 2.41. The van der Waals surface area contributed by atoms with Crippen molar-refractivity contribution in [2.24, 2.45) is 0 Å². The Kier molecular flexibility index (Phi) is 4.30. The molecule has 146 valence electrons. The van der Waals surface area contributed by atoms with Gasteiger partial charge in [0.15, 0.2) is 23.1 Å². The second-order valence-corrected chi connectivity index (χ2v) is 6.09. The third kappa shape index (κ3) is 3.31. The standard InChI is InChI=1S/C19H9F5N4O/c1-25-14-4-5-15-11(17(14)19(22,23)24)6-7-28(15)9-16-26-18(29-27-16)10-2-3-12(20)13(21)8-10/h2-8H,9H2. The largest absolute Gasteiger partial charge is 0.408 e. The molecule has 0 aliphatic carbocycles. The summed E-state index contributed by atoms with van der Waals surface area (Å²) in [6.45, 7) is 6.95. The summed E-state index contributed by atoms with van der Waals surface area (Å²) in [5.74, 6) is -2.02. The maximum absolute atomic E-state index is 13.4. The van der Waals surface area contributed by atoms with Crippen LogP contribution in [0.3, 0.4) is 0 Å². The zero-order valence-corrected chi connectivity index (χ0v) is 14.3. The lowest BCUT2D eigenvalue weighted by Gasteiger charge is -2.11. The number of rotatable bonds is 3. The number of halogens is 5. The number of hydrogen-bond acceptors (Lipinski definition) is 3. The van der Waals surface area contributed by atoms with E-state index in [0.717, 1.165) is 18.2 Å². The highest BCUT2D eigenvalue weighted by Gasteiger charge is 2.36. The van der Waals surface area contributed by atoms with Gasteiger partial charge in [-0.2, -0.15) is 18.2 Å². The summed E-state index contributed by atoms with van der Waals surface area (Å²) in [5, 5.41) is 3.62. The molecule has 2 aromatic carbocycles. The van der Waals surface area contributed by atoms with Crippen LogP contribution in [0.2, 0.25) is 0 Å². The Bertz CT molecular complexity index is 1270. The Morgan fingerprint density at radius 3 is 2.55 bits per heavy atom. The smallest absolute Gasteiger partial charge is 0.340 e. The highest BCUT2D eigenvalue weighted by molar-refractivity contribution is 5.89. The summed E-state index contributed by atoms with van der Waals surface area (Å²) in [7, 11) is 0. The van der Waals surface area contributed by atoms with Crippen molar-refractivity contribution in [3.8, 4) is 11.5 Å². The second-order valence-electron chi connectivity index (χ2n) is 6.09. The zero-order chi connectivity index (χ0) is 20.8. The van der Waals surface area contributed by atoms with Gasteiger partial charge in [-0.25, -0.2) is 13.6 Å². The molecular weight excluding hydrogens is 395 g/mol. The number of nitrogens with zero attached hydrogens (tertiary/aromatic N) is 4. The Labute approximate surface area is 159 Å². The van der Waals surface area contributed by atoms with E-state index in [1.807, 2.05) is 0 Å². The number of alkyl halides is 3. The van der Waals surface area contributed by atoms with Gasteiger partial charge in [0.25, 0.3) is 5.89 Å². The lowest BCUT2D eigenvalue weighted by molar-refractivity contribution is -0.135. The lowest BCUT2D eigenvalue weighted by Crippen LogP contribution is -2.06. The molecule has 0 spiro atoms. The van der Waals surface area contributed by atoms with Crippen LogP contribution in [-0.2, 0) is 12.7 Å². The Morgan fingerprint density at radius 2 is 1.86 bits per heavy atom. The Hall–Kier alpha value is -3.74. The van der Waals surface area contributed by atoms with Gasteiger partial charge in [-0.1, -0.05) is 11.2 Å². The molecule has 29 heavy (non-hydrogen) atoms. The maximum atomic E-state index is 13.4. The predicted molar refractivity (Wildman–Crippen MR) is 92.0 cm³/mol. The molecule has 4 rings (SSSR count). The van der Waals surface area contributed by atoms with Gasteiger partial charge in [-0.15, -0.1) is 0 Å². The Morgan fingerprint density at radius 1 is 1.07 bits per heavy atom. The van der Waals surface area contributed by atoms with Gasteiger partial charge in [0.1, 0.15) is 0 Å². The van der Waals surface area contributed by atoms with Crippen molar-refractivity contribution in [1.82, 2.24) is 14.7 Å². The molecule has 0 aliphatic heterocycles. The van der Waals surface area contributed by atoms with Crippen molar-refractivity contribution in [2.45, 2.75) is 12.7 Å². The van der Waals surface area contributed by atoms with E-state index in [9.17, 15) is 22.0 Å². The van der Waals surface area contributed by atoms with E-state index in [0.29, 0.717) is 0 Å². The third-order valence-corrected chi connectivity index (χ3v) is 4.28. The number of hydrogen-bond donors (Lipinski definition) is 0. The first-order chi connectivity index (χ1) is 13.8. The van der Waals surface area contributed by atoms with E-state index in [-0.39, 0.29) is 34.7 Å². The van der Waals surface area contributed by atoms with E-state index in [2.05, 4.69) is 15.0 Å². The van der Waals surface area contributed by atoms with Crippen molar-refractivity contribution in [2.75, 3.05) is 0 Å². The van der Waals surface area contributed by atoms with Crippen LogP contribution in [-0.4, -0.2) is 14.7 Å². The monoisotopic (exact) mass is 404 g/mol. The summed E-state index contributed by atoms with van der Waals surface area (Å²) < 4.78 is 73.1. The minimum atomic E-state index is -4.68. The average Bonchev–Trinajstić information content (AvgIpc) is 3.30. The molecule has 0 fully saturated rings. The number of fused-ring (bicyclic) bond motifs is 1. The van der Waals surface area contributed by atoms with Crippen LogP contribution < -0.4 is 0 Å². The molecule has 0 bridgehead atoms. The van der Waals surface area contributed by atoms with E-state index in [1.165, 1.54) is 29.0 Å². The van der Waals surface area contributed by atoms with E-state index in [4.69, 9.17) is 11.1 Å². The van der Waals surface area contributed by atoms with Gasteiger partial charge in [0, 0.05) is 22.7 Å². The average molecular weight is 404 g/mol. The molecule has 0 unspecified atom stereocenters. The number of benzene rings is 2. The molecule has 10 heteroatoms. The van der Waals surface area contributed by atoms with Crippen molar-refractivity contribution in [3.05, 3.63) is 77.0 Å². The van der Waals surface area contributed by atoms with Crippen LogP contribution in [0, 0.1) is 18.2 Å². The van der Waals surface area contributed by atoms with Crippen LogP contribution >= 0.6 is 0 Å². The number of aromatic nitrogens is 3. The molecule has 0 saturated carbocycles. The first-order valence-electron chi connectivity index (χ1n) is 8.12. The van der Waals surface area contributed by atoms with E-state index in [1.54, 1.807) is 0 Å². The molecule has 2 aromatic heterocycles. The van der Waals surface area contributed by atoms with E-state index >= 15 is 0 Å². The molecule has 2 heterocycles. The van der Waals surface area contributed by atoms with Gasteiger partial charge in [-0.3, -0.25) is 0 Å². The summed E-state index contributed by atoms with van der Waals surface area (Å²) in [4.78, 5) is 7.03. The van der Waals surface area contributed by atoms with Gasteiger partial charge in [-0.05, 0) is 30.3 Å². The fraction of sp³-hybridized carbons (Fsp3) is 0.105. The first kappa shape index (κ1) is 18.6. The zero-order valence-electron chi connectivity index (χ0n) is 14.3. The molecule has 5 nitrogen and oxygen atoms in total. The van der Waals surface area contributed by atoms with Crippen LogP contribution in [0.1, 0.15) is 11.4 Å². The van der Waals surface area contributed by atoms with E-state index < -0.39 is 29.1 Å². The molecule has 0 aliphatic rings. The third-order valence-electron chi connectivity index (χ3n) is 4.28. The maximum Gasteiger partial charge on any atom is 0.408 e. The topological polar surface area (TPSA) is 48.2 Å². The summed E-state index contributed by atoms with van der Waals surface area (Å²) in [6.07, 6.45) is -3.27.